The van der Waals surface area contributed by atoms with Crippen LogP contribution in [0.1, 0.15) is 5.56 Å². The standard InChI is InChI=1S/C13H11N3O3S2/c1-20-13-16-15-12(21-13)14-11(17)5-3-8-2-4-9-10(6-8)19-7-18-9/h2-6H,7H2,1H3,(H,14,15,17)/b5-3+. The molecule has 2 heterocycles. The fourth-order valence-corrected chi connectivity index (χ4v) is 2.85. The number of aromatic nitrogens is 2. The number of fused-ring (bicyclic) bond motifs is 1. The highest BCUT2D eigenvalue weighted by molar-refractivity contribution is 8.00. The van der Waals surface area contributed by atoms with Gasteiger partial charge in [-0.25, -0.2) is 0 Å². The van der Waals surface area contributed by atoms with Crippen molar-refractivity contribution in [1.82, 2.24) is 10.2 Å². The second kappa shape index (κ2) is 6.15. The second-order valence-corrected chi connectivity index (χ2v) is 6.04. The van der Waals surface area contributed by atoms with Crippen LogP contribution < -0.4 is 14.8 Å². The molecule has 2 aromatic rings. The van der Waals surface area contributed by atoms with Crippen LogP contribution in [0.5, 0.6) is 11.5 Å². The highest BCUT2D eigenvalue weighted by Gasteiger charge is 2.12. The predicted octanol–water partition coefficient (Wildman–Crippen LogP) is 2.64. The Morgan fingerprint density at radius 1 is 1.38 bits per heavy atom. The van der Waals surface area contributed by atoms with Crippen molar-refractivity contribution in [2.75, 3.05) is 18.4 Å². The quantitative estimate of drug-likeness (QED) is 0.530. The van der Waals surface area contributed by atoms with E-state index < -0.39 is 0 Å². The Labute approximate surface area is 129 Å². The number of hydrogen-bond donors (Lipinski definition) is 1. The Morgan fingerprint density at radius 3 is 3.05 bits per heavy atom. The summed E-state index contributed by atoms with van der Waals surface area (Å²) in [6, 6.07) is 5.49. The first-order chi connectivity index (χ1) is 10.2. The van der Waals surface area contributed by atoms with E-state index in [0.717, 1.165) is 15.7 Å². The third kappa shape index (κ3) is 3.34. The van der Waals surface area contributed by atoms with Crippen molar-refractivity contribution in [3.8, 4) is 11.5 Å². The molecule has 1 aromatic heterocycles. The second-order valence-electron chi connectivity index (χ2n) is 4.01. The van der Waals surface area contributed by atoms with Crippen LogP contribution >= 0.6 is 23.1 Å². The molecule has 1 aromatic carbocycles. The largest absolute Gasteiger partial charge is 0.454 e. The van der Waals surface area contributed by atoms with Gasteiger partial charge in [-0.2, -0.15) is 0 Å². The predicted molar refractivity (Wildman–Crippen MR) is 81.9 cm³/mol. The lowest BCUT2D eigenvalue weighted by atomic mass is 10.2. The summed E-state index contributed by atoms with van der Waals surface area (Å²) in [5.74, 6) is 1.15. The zero-order valence-electron chi connectivity index (χ0n) is 11.0. The van der Waals surface area contributed by atoms with E-state index in [4.69, 9.17) is 9.47 Å². The van der Waals surface area contributed by atoms with Gasteiger partial charge in [0.1, 0.15) is 0 Å². The van der Waals surface area contributed by atoms with Crippen molar-refractivity contribution in [3.63, 3.8) is 0 Å². The summed E-state index contributed by atoms with van der Waals surface area (Å²) in [4.78, 5) is 11.8. The maximum atomic E-state index is 11.8. The lowest BCUT2D eigenvalue weighted by molar-refractivity contribution is -0.111. The van der Waals surface area contributed by atoms with Crippen molar-refractivity contribution < 1.29 is 14.3 Å². The van der Waals surface area contributed by atoms with Gasteiger partial charge in [-0.15, -0.1) is 10.2 Å². The van der Waals surface area contributed by atoms with E-state index in [2.05, 4.69) is 15.5 Å². The van der Waals surface area contributed by atoms with E-state index in [1.807, 2.05) is 24.5 Å². The minimum absolute atomic E-state index is 0.234. The number of hydrogen-bond acceptors (Lipinski definition) is 7. The third-order valence-electron chi connectivity index (χ3n) is 2.63. The third-order valence-corrected chi connectivity index (χ3v) is 4.45. The number of nitrogens with zero attached hydrogens (tertiary/aromatic N) is 2. The summed E-state index contributed by atoms with van der Waals surface area (Å²) in [6.07, 6.45) is 5.05. The molecule has 0 atom stereocenters. The van der Waals surface area contributed by atoms with Gasteiger partial charge in [0.2, 0.25) is 17.8 Å². The number of amides is 1. The van der Waals surface area contributed by atoms with Crippen LogP contribution in [-0.2, 0) is 4.79 Å². The smallest absolute Gasteiger partial charge is 0.250 e. The molecule has 0 bridgehead atoms. The van der Waals surface area contributed by atoms with Crippen molar-refractivity contribution in [3.05, 3.63) is 29.8 Å². The molecule has 1 N–H and O–H groups in total. The van der Waals surface area contributed by atoms with E-state index >= 15 is 0 Å². The minimum Gasteiger partial charge on any atom is -0.454 e. The number of benzene rings is 1. The molecular weight excluding hydrogens is 310 g/mol. The summed E-state index contributed by atoms with van der Waals surface area (Å²) in [5, 5.41) is 10.9. The highest BCUT2D eigenvalue weighted by Crippen LogP contribution is 2.32. The Bertz CT molecular complexity index is 700. The number of carbonyl (C=O) groups is 1. The Balaban J connectivity index is 1.64. The molecule has 6 nitrogen and oxygen atoms in total. The molecule has 1 aliphatic heterocycles. The van der Waals surface area contributed by atoms with Gasteiger partial charge in [-0.05, 0) is 30.0 Å². The zero-order chi connectivity index (χ0) is 14.7. The van der Waals surface area contributed by atoms with Gasteiger partial charge >= 0.3 is 0 Å². The van der Waals surface area contributed by atoms with Gasteiger partial charge < -0.3 is 9.47 Å². The van der Waals surface area contributed by atoms with Crippen LogP contribution in [-0.4, -0.2) is 29.2 Å². The molecule has 0 radical (unpaired) electrons. The van der Waals surface area contributed by atoms with Gasteiger partial charge in [-0.1, -0.05) is 29.2 Å². The van der Waals surface area contributed by atoms with Crippen LogP contribution in [0.2, 0.25) is 0 Å². The van der Waals surface area contributed by atoms with Crippen LogP contribution in [0.15, 0.2) is 28.6 Å². The van der Waals surface area contributed by atoms with Crippen LogP contribution in [0, 0.1) is 0 Å². The van der Waals surface area contributed by atoms with Crippen molar-refractivity contribution in [2.45, 2.75) is 4.34 Å². The fraction of sp³-hybridized carbons (Fsp3) is 0.154. The van der Waals surface area contributed by atoms with Crippen LogP contribution in [0.4, 0.5) is 5.13 Å². The minimum atomic E-state index is -0.253. The van der Waals surface area contributed by atoms with Crippen molar-refractivity contribution in [1.29, 1.82) is 0 Å². The lowest BCUT2D eigenvalue weighted by Gasteiger charge is -1.98. The summed E-state index contributed by atoms with van der Waals surface area (Å²) in [5.41, 5.74) is 0.858. The van der Waals surface area contributed by atoms with Gasteiger partial charge in [0.05, 0.1) is 0 Å². The van der Waals surface area contributed by atoms with E-state index in [0.29, 0.717) is 10.9 Å². The first-order valence-corrected chi connectivity index (χ1v) is 8.05. The first kappa shape index (κ1) is 13.9. The van der Waals surface area contributed by atoms with Gasteiger partial charge in [0.25, 0.3) is 0 Å². The normalized spacial score (nSPS) is 12.8. The number of thioether (sulfide) groups is 1. The van der Waals surface area contributed by atoms with E-state index in [9.17, 15) is 4.79 Å². The molecule has 8 heteroatoms. The van der Waals surface area contributed by atoms with Crippen molar-refractivity contribution in [2.24, 2.45) is 0 Å². The lowest BCUT2D eigenvalue weighted by Crippen LogP contribution is -2.07. The molecular formula is C13H11N3O3S2. The molecule has 0 unspecified atom stereocenters. The maximum absolute atomic E-state index is 11.8. The molecule has 1 aliphatic rings. The Kier molecular flexibility index (Phi) is 4.07. The van der Waals surface area contributed by atoms with Gasteiger partial charge in [0, 0.05) is 6.08 Å². The number of rotatable bonds is 4. The molecule has 0 fully saturated rings. The molecule has 0 saturated heterocycles. The molecule has 3 rings (SSSR count). The number of carbonyl (C=O) groups excluding carboxylic acids is 1. The fourth-order valence-electron chi connectivity index (χ4n) is 1.68. The number of ether oxygens (including phenoxy) is 2. The topological polar surface area (TPSA) is 73.3 Å². The molecule has 0 saturated carbocycles. The SMILES string of the molecule is CSc1nnc(NC(=O)/C=C/c2ccc3c(c2)OCO3)s1. The van der Waals surface area contributed by atoms with E-state index in [1.54, 1.807) is 6.08 Å². The summed E-state index contributed by atoms with van der Waals surface area (Å²) in [6.45, 7) is 0.234. The average Bonchev–Trinajstić information content (AvgIpc) is 3.13. The highest BCUT2D eigenvalue weighted by atomic mass is 32.2. The molecule has 0 aliphatic carbocycles. The maximum Gasteiger partial charge on any atom is 0.250 e. The Hall–Kier alpha value is -2.06. The van der Waals surface area contributed by atoms with Crippen molar-refractivity contribution >= 4 is 40.2 Å². The molecule has 1 amide bonds. The van der Waals surface area contributed by atoms with Gasteiger partial charge in [0.15, 0.2) is 15.8 Å². The molecule has 0 spiro atoms. The molecule has 108 valence electrons. The summed E-state index contributed by atoms with van der Waals surface area (Å²) >= 11 is 2.83. The van der Waals surface area contributed by atoms with Crippen LogP contribution in [0.25, 0.3) is 6.08 Å². The zero-order valence-corrected chi connectivity index (χ0v) is 12.7. The average molecular weight is 321 g/mol. The van der Waals surface area contributed by atoms with E-state index in [1.165, 1.54) is 29.2 Å². The number of nitrogens with one attached hydrogen (secondary N) is 1. The summed E-state index contributed by atoms with van der Waals surface area (Å²) < 4.78 is 11.3. The Morgan fingerprint density at radius 2 is 2.24 bits per heavy atom. The van der Waals surface area contributed by atoms with Crippen LogP contribution in [0.3, 0.4) is 0 Å². The van der Waals surface area contributed by atoms with E-state index in [-0.39, 0.29) is 12.7 Å². The van der Waals surface area contributed by atoms with Gasteiger partial charge in [-0.3, -0.25) is 10.1 Å². The summed E-state index contributed by atoms with van der Waals surface area (Å²) in [7, 11) is 0. The molecule has 21 heavy (non-hydrogen) atoms. The first-order valence-electron chi connectivity index (χ1n) is 6.01. The monoisotopic (exact) mass is 321 g/mol. The number of anilines is 1.